The van der Waals surface area contributed by atoms with Crippen molar-refractivity contribution in [1.29, 1.82) is 0 Å². The molecule has 0 radical (unpaired) electrons. The molecule has 1 aromatic rings. The summed E-state index contributed by atoms with van der Waals surface area (Å²) in [5, 5.41) is 0.828. The van der Waals surface area contributed by atoms with Crippen molar-refractivity contribution in [2.75, 3.05) is 16.8 Å². The zero-order chi connectivity index (χ0) is 15.3. The Kier molecular flexibility index (Phi) is 6.24. The van der Waals surface area contributed by atoms with E-state index in [1.54, 1.807) is 17.0 Å². The maximum Gasteiger partial charge on any atom is 0.293 e. The Labute approximate surface area is 130 Å². The summed E-state index contributed by atoms with van der Waals surface area (Å²) < 4.78 is 1.76. The molecule has 0 aliphatic heterocycles. The van der Waals surface area contributed by atoms with Crippen LogP contribution in [0.3, 0.4) is 0 Å². The summed E-state index contributed by atoms with van der Waals surface area (Å²) >= 11 is 3.48. The predicted molar refractivity (Wildman–Crippen MR) is 89.0 cm³/mol. The minimum Gasteiger partial charge on any atom is -0.348 e. The van der Waals surface area contributed by atoms with Crippen molar-refractivity contribution in [3.8, 4) is 0 Å². The van der Waals surface area contributed by atoms with Gasteiger partial charge in [-0.05, 0) is 33.6 Å². The fourth-order valence-corrected chi connectivity index (χ4v) is 2.79. The van der Waals surface area contributed by atoms with Gasteiger partial charge in [0.05, 0.1) is 0 Å². The first-order valence-corrected chi connectivity index (χ1v) is 8.39. The monoisotopic (exact) mass is 343 g/mol. The summed E-state index contributed by atoms with van der Waals surface area (Å²) in [6.45, 7) is 11.2. The molecule has 0 aliphatic carbocycles. The van der Waals surface area contributed by atoms with Gasteiger partial charge in [0.15, 0.2) is 5.82 Å². The minimum absolute atomic E-state index is 0.00662. The van der Waals surface area contributed by atoms with Crippen LogP contribution >= 0.6 is 15.9 Å². The molecule has 0 atom stereocenters. The van der Waals surface area contributed by atoms with Crippen molar-refractivity contribution >= 4 is 21.7 Å². The molecule has 4 nitrogen and oxygen atoms in total. The lowest BCUT2D eigenvalue weighted by atomic mass is 10.1. The second-order valence-corrected chi connectivity index (χ2v) is 6.74. The molecule has 0 saturated heterocycles. The molecule has 0 aromatic carbocycles. The predicted octanol–water partition coefficient (Wildman–Crippen LogP) is 3.39. The smallest absolute Gasteiger partial charge is 0.293 e. The Hall–Kier alpha value is -0.840. The number of nitrogens with zero attached hydrogens (tertiary/aromatic N) is 3. The van der Waals surface area contributed by atoms with Gasteiger partial charge in [-0.1, -0.05) is 29.8 Å². The molecule has 1 aromatic heterocycles. The lowest BCUT2D eigenvalue weighted by Crippen LogP contribution is -2.43. The van der Waals surface area contributed by atoms with Gasteiger partial charge < -0.3 is 9.47 Å². The van der Waals surface area contributed by atoms with E-state index in [-0.39, 0.29) is 11.1 Å². The van der Waals surface area contributed by atoms with Gasteiger partial charge in [0.1, 0.15) is 0 Å². The third-order valence-electron chi connectivity index (χ3n) is 3.53. The van der Waals surface area contributed by atoms with Crippen LogP contribution in [0.15, 0.2) is 17.2 Å². The maximum absolute atomic E-state index is 12.7. The quantitative estimate of drug-likeness (QED) is 0.743. The van der Waals surface area contributed by atoms with Gasteiger partial charge in [-0.15, -0.1) is 0 Å². The second kappa shape index (κ2) is 7.25. The van der Waals surface area contributed by atoms with E-state index < -0.39 is 0 Å². The molecule has 0 unspecified atom stereocenters. The number of halogens is 1. The Morgan fingerprint density at radius 2 is 1.95 bits per heavy atom. The van der Waals surface area contributed by atoms with Crippen LogP contribution in [0.5, 0.6) is 0 Å². The zero-order valence-electron chi connectivity index (χ0n) is 13.2. The SMILES string of the molecule is CCC(CC)N(CCBr)c1nccn(C(C)(C)C)c1=O. The van der Waals surface area contributed by atoms with Gasteiger partial charge in [0.2, 0.25) is 0 Å². The highest BCUT2D eigenvalue weighted by molar-refractivity contribution is 9.09. The van der Waals surface area contributed by atoms with Crippen LogP contribution in [0.1, 0.15) is 47.5 Å². The summed E-state index contributed by atoms with van der Waals surface area (Å²) in [4.78, 5) is 19.2. The Morgan fingerprint density at radius 1 is 1.35 bits per heavy atom. The van der Waals surface area contributed by atoms with Crippen LogP contribution in [0.25, 0.3) is 0 Å². The van der Waals surface area contributed by atoms with E-state index in [0.29, 0.717) is 11.9 Å². The van der Waals surface area contributed by atoms with Crippen LogP contribution in [0.2, 0.25) is 0 Å². The molecule has 1 rings (SSSR count). The third-order valence-corrected chi connectivity index (χ3v) is 3.88. The molecular weight excluding hydrogens is 318 g/mol. The van der Waals surface area contributed by atoms with Gasteiger partial charge in [0.25, 0.3) is 5.56 Å². The van der Waals surface area contributed by atoms with E-state index in [4.69, 9.17) is 0 Å². The molecular formula is C15H26BrN3O. The lowest BCUT2D eigenvalue weighted by Gasteiger charge is -2.32. The molecule has 0 bridgehead atoms. The number of anilines is 1. The summed E-state index contributed by atoms with van der Waals surface area (Å²) in [7, 11) is 0. The number of rotatable bonds is 6. The number of aromatic nitrogens is 2. The van der Waals surface area contributed by atoms with Gasteiger partial charge in [0, 0.05) is 35.8 Å². The highest BCUT2D eigenvalue weighted by atomic mass is 79.9. The molecule has 20 heavy (non-hydrogen) atoms. The van der Waals surface area contributed by atoms with Gasteiger partial charge in [-0.25, -0.2) is 4.98 Å². The molecule has 0 fully saturated rings. The van der Waals surface area contributed by atoms with Crippen molar-refractivity contribution in [2.24, 2.45) is 0 Å². The second-order valence-electron chi connectivity index (χ2n) is 5.95. The maximum atomic E-state index is 12.7. The van der Waals surface area contributed by atoms with Crippen LogP contribution < -0.4 is 10.5 Å². The summed E-state index contributed by atoms with van der Waals surface area (Å²) in [6, 6.07) is 0.351. The van der Waals surface area contributed by atoms with Crippen LogP contribution in [-0.4, -0.2) is 27.5 Å². The molecule has 5 heteroatoms. The lowest BCUT2D eigenvalue weighted by molar-refractivity contribution is 0.381. The topological polar surface area (TPSA) is 38.1 Å². The molecule has 0 saturated carbocycles. The number of alkyl halides is 1. The average molecular weight is 344 g/mol. The Morgan fingerprint density at radius 3 is 2.40 bits per heavy atom. The minimum atomic E-state index is -0.233. The van der Waals surface area contributed by atoms with Gasteiger partial charge in [-0.2, -0.15) is 0 Å². The highest BCUT2D eigenvalue weighted by Crippen LogP contribution is 2.17. The average Bonchev–Trinajstić information content (AvgIpc) is 2.38. The van der Waals surface area contributed by atoms with E-state index in [9.17, 15) is 4.79 Å². The summed E-state index contributed by atoms with van der Waals surface area (Å²) in [6.07, 6.45) is 5.51. The third kappa shape index (κ3) is 3.84. The Bertz CT molecular complexity index is 475. The van der Waals surface area contributed by atoms with Gasteiger partial charge >= 0.3 is 0 Å². The van der Waals surface area contributed by atoms with Gasteiger partial charge in [-0.3, -0.25) is 4.79 Å². The molecule has 114 valence electrons. The van der Waals surface area contributed by atoms with Crippen LogP contribution in [-0.2, 0) is 5.54 Å². The molecule has 0 amide bonds. The van der Waals surface area contributed by atoms with Crippen LogP contribution in [0.4, 0.5) is 5.82 Å². The molecule has 0 aliphatic rings. The summed E-state index contributed by atoms with van der Waals surface area (Å²) in [5.74, 6) is 0.565. The largest absolute Gasteiger partial charge is 0.348 e. The molecule has 0 N–H and O–H groups in total. The van der Waals surface area contributed by atoms with Crippen molar-refractivity contribution in [1.82, 2.24) is 9.55 Å². The Balaban J connectivity index is 3.31. The zero-order valence-corrected chi connectivity index (χ0v) is 14.8. The van der Waals surface area contributed by atoms with E-state index in [1.165, 1.54) is 0 Å². The normalized spacial score (nSPS) is 11.9. The van der Waals surface area contributed by atoms with E-state index >= 15 is 0 Å². The molecule has 0 spiro atoms. The number of hydrogen-bond donors (Lipinski definition) is 0. The van der Waals surface area contributed by atoms with Crippen molar-refractivity contribution < 1.29 is 0 Å². The first-order valence-electron chi connectivity index (χ1n) is 7.27. The fraction of sp³-hybridized carbons (Fsp3) is 0.733. The van der Waals surface area contributed by atoms with E-state index in [0.717, 1.165) is 24.7 Å². The summed E-state index contributed by atoms with van der Waals surface area (Å²) in [5.41, 5.74) is -0.240. The van der Waals surface area contributed by atoms with Crippen LogP contribution in [0, 0.1) is 0 Å². The number of hydrogen-bond acceptors (Lipinski definition) is 3. The van der Waals surface area contributed by atoms with Crippen molar-refractivity contribution in [3.63, 3.8) is 0 Å². The first kappa shape index (κ1) is 17.2. The van der Waals surface area contributed by atoms with E-state index in [1.807, 2.05) is 20.8 Å². The van der Waals surface area contributed by atoms with Crippen molar-refractivity contribution in [3.05, 3.63) is 22.7 Å². The van der Waals surface area contributed by atoms with E-state index in [2.05, 4.69) is 39.7 Å². The fourth-order valence-electron chi connectivity index (χ4n) is 2.41. The van der Waals surface area contributed by atoms with Crippen molar-refractivity contribution in [2.45, 2.75) is 59.0 Å². The standard InChI is InChI=1S/C15H26BrN3O/c1-6-12(7-2)18(10-8-16)13-14(20)19(11-9-17-13)15(3,4)5/h9,11-12H,6-8,10H2,1-5H3. The highest BCUT2D eigenvalue weighted by Gasteiger charge is 2.23. The first-order chi connectivity index (χ1) is 9.36. The molecule has 1 heterocycles.